The number of hydrogen-bond donors (Lipinski definition) is 0. The van der Waals surface area contributed by atoms with Gasteiger partial charge in [0.2, 0.25) is 5.88 Å². The minimum absolute atomic E-state index is 0.479. The second-order valence-corrected chi connectivity index (χ2v) is 7.66. The van der Waals surface area contributed by atoms with Crippen LogP contribution >= 0.6 is 23.4 Å². The van der Waals surface area contributed by atoms with E-state index in [1.54, 1.807) is 18.9 Å². The summed E-state index contributed by atoms with van der Waals surface area (Å²) in [5.41, 5.74) is 4.12. The Labute approximate surface area is 164 Å². The van der Waals surface area contributed by atoms with Gasteiger partial charge in [-0.05, 0) is 55.7 Å². The number of aryl methyl sites for hydroxylation is 1. The van der Waals surface area contributed by atoms with E-state index in [9.17, 15) is 0 Å². The lowest BCUT2D eigenvalue weighted by molar-refractivity contribution is 0.0786. The van der Waals surface area contributed by atoms with Crippen molar-refractivity contribution < 1.29 is 9.47 Å². The maximum absolute atomic E-state index is 6.47. The fourth-order valence-electron chi connectivity index (χ4n) is 3.15. The Balaban J connectivity index is 2.07. The van der Waals surface area contributed by atoms with Crippen LogP contribution in [0.1, 0.15) is 29.7 Å². The summed E-state index contributed by atoms with van der Waals surface area (Å²) in [5, 5.41) is 0.770. The molecule has 3 rings (SSSR count). The highest BCUT2D eigenvalue weighted by atomic mass is 35.5. The summed E-state index contributed by atoms with van der Waals surface area (Å²) >= 11 is 8.13. The Bertz CT molecular complexity index is 801. The standard InChI is InChI=1S/C21H24ClNO2S/c1-14-4-6-19(23-21(14)24-2)17(12-15-8-10-25-11-9-15)16-5-7-20(26-3)18(22)13-16/h4-7,12-13,15H,8-11H2,1-3H3/b17-12-. The minimum atomic E-state index is 0.479. The monoisotopic (exact) mass is 389 g/mol. The van der Waals surface area contributed by atoms with Crippen LogP contribution in [-0.4, -0.2) is 31.6 Å². The smallest absolute Gasteiger partial charge is 0.216 e. The maximum Gasteiger partial charge on any atom is 0.216 e. The van der Waals surface area contributed by atoms with Crippen molar-refractivity contribution in [3.63, 3.8) is 0 Å². The summed E-state index contributed by atoms with van der Waals surface area (Å²) < 4.78 is 10.9. The highest BCUT2D eigenvalue weighted by Crippen LogP contribution is 2.33. The third-order valence-corrected chi connectivity index (χ3v) is 5.87. The topological polar surface area (TPSA) is 31.4 Å². The van der Waals surface area contributed by atoms with Crippen molar-refractivity contribution in [2.45, 2.75) is 24.7 Å². The summed E-state index contributed by atoms with van der Waals surface area (Å²) in [4.78, 5) is 5.81. The molecule has 1 aromatic heterocycles. The number of thioether (sulfide) groups is 1. The summed E-state index contributed by atoms with van der Waals surface area (Å²) in [7, 11) is 1.66. The van der Waals surface area contributed by atoms with Gasteiger partial charge in [0, 0.05) is 29.2 Å². The van der Waals surface area contributed by atoms with Gasteiger partial charge in [-0.1, -0.05) is 29.8 Å². The number of aromatic nitrogens is 1. The van der Waals surface area contributed by atoms with Gasteiger partial charge in [0.15, 0.2) is 0 Å². The van der Waals surface area contributed by atoms with Crippen molar-refractivity contribution in [3.05, 3.63) is 58.3 Å². The summed E-state index contributed by atoms with van der Waals surface area (Å²) in [6, 6.07) is 10.3. The van der Waals surface area contributed by atoms with Crippen LogP contribution in [0.5, 0.6) is 5.88 Å². The van der Waals surface area contributed by atoms with E-state index in [-0.39, 0.29) is 0 Å². The number of methoxy groups -OCH3 is 1. The van der Waals surface area contributed by atoms with E-state index in [0.717, 1.165) is 58.4 Å². The van der Waals surface area contributed by atoms with Crippen LogP contribution in [0.15, 0.2) is 41.3 Å². The second-order valence-electron chi connectivity index (χ2n) is 6.40. The summed E-state index contributed by atoms with van der Waals surface area (Å²) in [5.74, 6) is 1.14. The largest absolute Gasteiger partial charge is 0.481 e. The molecule has 0 aliphatic carbocycles. The van der Waals surface area contributed by atoms with Crippen LogP contribution < -0.4 is 4.74 Å². The number of allylic oxidation sites excluding steroid dienone is 1. The lowest BCUT2D eigenvalue weighted by Crippen LogP contribution is -2.14. The first-order chi connectivity index (χ1) is 12.6. The summed E-state index contributed by atoms with van der Waals surface area (Å²) in [6.45, 7) is 3.62. The fourth-order valence-corrected chi connectivity index (χ4v) is 4.02. The van der Waals surface area contributed by atoms with E-state index < -0.39 is 0 Å². The fraction of sp³-hybridized carbons (Fsp3) is 0.381. The number of rotatable bonds is 5. The zero-order valence-corrected chi connectivity index (χ0v) is 17.0. The molecule has 1 aliphatic rings. The van der Waals surface area contributed by atoms with E-state index in [1.807, 2.05) is 19.2 Å². The van der Waals surface area contributed by atoms with E-state index in [4.69, 9.17) is 26.1 Å². The van der Waals surface area contributed by atoms with Crippen molar-refractivity contribution in [1.29, 1.82) is 0 Å². The van der Waals surface area contributed by atoms with Crippen molar-refractivity contribution >= 4 is 28.9 Å². The minimum Gasteiger partial charge on any atom is -0.481 e. The van der Waals surface area contributed by atoms with Gasteiger partial charge in [-0.2, -0.15) is 0 Å². The molecule has 0 spiro atoms. The van der Waals surface area contributed by atoms with Crippen LogP contribution in [0.3, 0.4) is 0 Å². The van der Waals surface area contributed by atoms with Crippen molar-refractivity contribution in [3.8, 4) is 5.88 Å². The Kier molecular flexibility index (Phi) is 6.63. The molecule has 0 atom stereocenters. The van der Waals surface area contributed by atoms with Crippen molar-refractivity contribution in [1.82, 2.24) is 4.98 Å². The number of benzene rings is 1. The number of pyridine rings is 1. The van der Waals surface area contributed by atoms with Crippen LogP contribution in [0.25, 0.3) is 5.57 Å². The molecule has 0 N–H and O–H groups in total. The molecule has 1 aliphatic heterocycles. The molecule has 138 valence electrons. The normalized spacial score (nSPS) is 15.9. The molecule has 2 heterocycles. The Morgan fingerprint density at radius 3 is 2.69 bits per heavy atom. The Morgan fingerprint density at radius 2 is 2.04 bits per heavy atom. The molecule has 0 radical (unpaired) electrons. The highest BCUT2D eigenvalue weighted by Gasteiger charge is 2.17. The number of ether oxygens (including phenoxy) is 2. The Morgan fingerprint density at radius 1 is 1.27 bits per heavy atom. The van der Waals surface area contributed by atoms with Gasteiger partial charge in [0.25, 0.3) is 0 Å². The van der Waals surface area contributed by atoms with Gasteiger partial charge < -0.3 is 9.47 Å². The average molecular weight is 390 g/mol. The first kappa shape index (κ1) is 19.3. The number of halogens is 1. The second kappa shape index (κ2) is 8.94. The SMILES string of the molecule is COc1nc(/C(=C\C2CCOCC2)c2ccc(SC)c(Cl)c2)ccc1C. The molecule has 1 aromatic carbocycles. The third-order valence-electron chi connectivity index (χ3n) is 4.65. The lowest BCUT2D eigenvalue weighted by Gasteiger charge is -2.21. The third kappa shape index (κ3) is 4.43. The van der Waals surface area contributed by atoms with Crippen molar-refractivity contribution in [2.24, 2.45) is 5.92 Å². The van der Waals surface area contributed by atoms with Crippen LogP contribution in [0.4, 0.5) is 0 Å². The molecule has 2 aromatic rings. The van der Waals surface area contributed by atoms with E-state index in [2.05, 4.69) is 30.3 Å². The first-order valence-corrected chi connectivity index (χ1v) is 10.4. The molecule has 1 fully saturated rings. The van der Waals surface area contributed by atoms with Crippen molar-refractivity contribution in [2.75, 3.05) is 26.6 Å². The molecular weight excluding hydrogens is 366 g/mol. The van der Waals surface area contributed by atoms with Gasteiger partial charge in [0.05, 0.1) is 17.8 Å². The molecular formula is C21H24ClNO2S. The quantitative estimate of drug-likeness (QED) is 0.620. The van der Waals surface area contributed by atoms with Gasteiger partial charge in [-0.3, -0.25) is 0 Å². The molecule has 1 saturated heterocycles. The molecule has 3 nitrogen and oxygen atoms in total. The van der Waals surface area contributed by atoms with Crippen LogP contribution in [0.2, 0.25) is 5.02 Å². The van der Waals surface area contributed by atoms with E-state index >= 15 is 0 Å². The van der Waals surface area contributed by atoms with Gasteiger partial charge in [-0.25, -0.2) is 4.98 Å². The molecule has 0 unspecified atom stereocenters. The maximum atomic E-state index is 6.47. The predicted molar refractivity (Wildman–Crippen MR) is 109 cm³/mol. The predicted octanol–water partition coefficient (Wildman–Crippen LogP) is 5.63. The number of hydrogen-bond acceptors (Lipinski definition) is 4. The average Bonchev–Trinajstić information content (AvgIpc) is 2.67. The van der Waals surface area contributed by atoms with Gasteiger partial charge in [0.1, 0.15) is 0 Å². The van der Waals surface area contributed by atoms with Crippen LogP contribution in [-0.2, 0) is 4.74 Å². The molecule has 0 amide bonds. The molecule has 5 heteroatoms. The molecule has 26 heavy (non-hydrogen) atoms. The Hall–Kier alpha value is -1.49. The lowest BCUT2D eigenvalue weighted by atomic mass is 9.92. The molecule has 0 saturated carbocycles. The van der Waals surface area contributed by atoms with Gasteiger partial charge >= 0.3 is 0 Å². The summed E-state index contributed by atoms with van der Waals surface area (Å²) in [6.07, 6.45) is 6.42. The molecule has 0 bridgehead atoms. The zero-order valence-electron chi connectivity index (χ0n) is 15.4. The number of nitrogens with zero attached hydrogens (tertiary/aromatic N) is 1. The first-order valence-electron chi connectivity index (χ1n) is 8.78. The van der Waals surface area contributed by atoms with Crippen LogP contribution in [0, 0.1) is 12.8 Å². The van der Waals surface area contributed by atoms with E-state index in [0.29, 0.717) is 11.8 Å². The van der Waals surface area contributed by atoms with Gasteiger partial charge in [-0.15, -0.1) is 11.8 Å². The zero-order chi connectivity index (χ0) is 18.5. The van der Waals surface area contributed by atoms with E-state index in [1.165, 1.54) is 0 Å². The highest BCUT2D eigenvalue weighted by molar-refractivity contribution is 7.98.